The maximum atomic E-state index is 6.26. The van der Waals surface area contributed by atoms with E-state index in [1.165, 1.54) is 17.5 Å². The van der Waals surface area contributed by atoms with E-state index in [0.717, 1.165) is 18.6 Å². The van der Waals surface area contributed by atoms with E-state index in [2.05, 4.69) is 39.0 Å². The highest BCUT2D eigenvalue weighted by Gasteiger charge is 2.20. The molecule has 3 atom stereocenters. The lowest BCUT2D eigenvalue weighted by atomic mass is 9.93. The predicted molar refractivity (Wildman–Crippen MR) is 71.2 cm³/mol. The van der Waals surface area contributed by atoms with Gasteiger partial charge >= 0.3 is 0 Å². The zero-order valence-electron chi connectivity index (χ0n) is 11.1. The Labute approximate surface area is 104 Å². The molecule has 1 aliphatic heterocycles. The molecule has 0 saturated heterocycles. The van der Waals surface area contributed by atoms with Crippen LogP contribution in [0.5, 0.6) is 5.75 Å². The van der Waals surface area contributed by atoms with E-state index >= 15 is 0 Å². The van der Waals surface area contributed by atoms with Gasteiger partial charge in [-0.05, 0) is 36.5 Å². The van der Waals surface area contributed by atoms with Gasteiger partial charge in [-0.15, -0.1) is 0 Å². The first-order valence-electron chi connectivity index (χ1n) is 6.65. The molecule has 0 aromatic heterocycles. The van der Waals surface area contributed by atoms with Crippen LogP contribution in [0, 0.1) is 5.92 Å². The summed E-state index contributed by atoms with van der Waals surface area (Å²) in [5.74, 6) is 1.73. The van der Waals surface area contributed by atoms with Gasteiger partial charge in [0.2, 0.25) is 0 Å². The van der Waals surface area contributed by atoms with Gasteiger partial charge in [0.1, 0.15) is 11.9 Å². The molecule has 0 radical (unpaired) electrons. The Hall–Kier alpha value is -1.02. The van der Waals surface area contributed by atoms with E-state index < -0.39 is 0 Å². The van der Waals surface area contributed by atoms with Crippen molar-refractivity contribution >= 4 is 0 Å². The van der Waals surface area contributed by atoms with Crippen molar-refractivity contribution in [3.05, 3.63) is 29.3 Å². The molecule has 0 bridgehead atoms. The quantitative estimate of drug-likeness (QED) is 0.864. The minimum atomic E-state index is 0.158. The van der Waals surface area contributed by atoms with Crippen molar-refractivity contribution in [3.63, 3.8) is 0 Å². The zero-order chi connectivity index (χ0) is 12.4. The third-order valence-electron chi connectivity index (χ3n) is 3.70. The second kappa shape index (κ2) is 5.09. The fourth-order valence-electron chi connectivity index (χ4n) is 2.41. The third-order valence-corrected chi connectivity index (χ3v) is 3.70. The first kappa shape index (κ1) is 12.4. The Morgan fingerprint density at radius 1 is 1.47 bits per heavy atom. The Morgan fingerprint density at radius 3 is 2.94 bits per heavy atom. The number of ether oxygens (including phenoxy) is 1. The third kappa shape index (κ3) is 2.81. The number of fused-ring (bicyclic) bond motifs is 1. The first-order valence-corrected chi connectivity index (χ1v) is 6.65. The Bertz CT molecular complexity index is 389. The smallest absolute Gasteiger partial charge is 0.123 e. The van der Waals surface area contributed by atoms with Crippen LogP contribution in [0.15, 0.2) is 18.2 Å². The SMILES string of the molecule is CCC(C)CC(N)c1ccc2c(c1)CC(C)O2. The zero-order valence-corrected chi connectivity index (χ0v) is 11.1. The van der Waals surface area contributed by atoms with Crippen molar-refractivity contribution in [2.24, 2.45) is 11.7 Å². The van der Waals surface area contributed by atoms with Gasteiger partial charge in [-0.1, -0.05) is 32.4 Å². The highest BCUT2D eigenvalue weighted by atomic mass is 16.5. The molecule has 1 heterocycles. The predicted octanol–water partition coefficient (Wildman–Crippen LogP) is 3.45. The lowest BCUT2D eigenvalue weighted by Gasteiger charge is -2.16. The van der Waals surface area contributed by atoms with E-state index in [4.69, 9.17) is 10.5 Å². The Morgan fingerprint density at radius 2 is 2.24 bits per heavy atom. The van der Waals surface area contributed by atoms with Crippen LogP contribution < -0.4 is 10.5 Å². The van der Waals surface area contributed by atoms with Crippen molar-refractivity contribution in [1.82, 2.24) is 0 Å². The summed E-state index contributed by atoms with van der Waals surface area (Å²) in [5, 5.41) is 0. The number of nitrogens with two attached hydrogens (primary N) is 1. The van der Waals surface area contributed by atoms with Gasteiger partial charge in [-0.25, -0.2) is 0 Å². The molecule has 3 unspecified atom stereocenters. The molecule has 0 amide bonds. The van der Waals surface area contributed by atoms with Crippen LogP contribution >= 0.6 is 0 Å². The van der Waals surface area contributed by atoms with Crippen molar-refractivity contribution in [2.45, 2.75) is 52.2 Å². The summed E-state index contributed by atoms with van der Waals surface area (Å²) >= 11 is 0. The minimum absolute atomic E-state index is 0.158. The van der Waals surface area contributed by atoms with Crippen molar-refractivity contribution in [3.8, 4) is 5.75 Å². The van der Waals surface area contributed by atoms with E-state index in [0.29, 0.717) is 12.0 Å². The molecule has 1 aromatic rings. The molecular formula is C15H23NO. The fraction of sp³-hybridized carbons (Fsp3) is 0.600. The molecule has 17 heavy (non-hydrogen) atoms. The van der Waals surface area contributed by atoms with Crippen LogP contribution in [0.2, 0.25) is 0 Å². The van der Waals surface area contributed by atoms with Crippen LogP contribution in [0.4, 0.5) is 0 Å². The van der Waals surface area contributed by atoms with E-state index in [1.807, 2.05) is 0 Å². The van der Waals surface area contributed by atoms with E-state index in [-0.39, 0.29) is 6.04 Å². The Balaban J connectivity index is 2.10. The molecule has 1 aliphatic rings. The minimum Gasteiger partial charge on any atom is -0.490 e. The first-order chi connectivity index (χ1) is 8.10. The molecule has 2 nitrogen and oxygen atoms in total. The number of rotatable bonds is 4. The molecular weight excluding hydrogens is 210 g/mol. The van der Waals surface area contributed by atoms with Crippen LogP contribution in [-0.2, 0) is 6.42 Å². The monoisotopic (exact) mass is 233 g/mol. The second-order valence-electron chi connectivity index (χ2n) is 5.36. The summed E-state index contributed by atoms with van der Waals surface area (Å²) in [4.78, 5) is 0. The molecule has 0 saturated carbocycles. The van der Waals surface area contributed by atoms with Crippen LogP contribution in [0.25, 0.3) is 0 Å². The summed E-state index contributed by atoms with van der Waals surface area (Å²) in [6, 6.07) is 6.58. The van der Waals surface area contributed by atoms with Crippen LogP contribution in [0.3, 0.4) is 0 Å². The number of benzene rings is 1. The van der Waals surface area contributed by atoms with Crippen molar-refractivity contribution in [2.75, 3.05) is 0 Å². The molecule has 0 spiro atoms. The fourth-order valence-corrected chi connectivity index (χ4v) is 2.41. The summed E-state index contributed by atoms with van der Waals surface area (Å²) in [6.45, 7) is 6.59. The molecule has 2 N–H and O–H groups in total. The average molecular weight is 233 g/mol. The van der Waals surface area contributed by atoms with Gasteiger partial charge in [0, 0.05) is 12.5 Å². The normalized spacial score (nSPS) is 21.8. The van der Waals surface area contributed by atoms with Crippen molar-refractivity contribution < 1.29 is 4.74 Å². The molecule has 0 fully saturated rings. The summed E-state index contributed by atoms with van der Waals surface area (Å²) in [7, 11) is 0. The van der Waals surface area contributed by atoms with E-state index in [1.54, 1.807) is 0 Å². The van der Waals surface area contributed by atoms with Crippen LogP contribution in [0.1, 0.15) is 50.8 Å². The summed E-state index contributed by atoms with van der Waals surface area (Å²) in [5.41, 5.74) is 8.83. The molecule has 1 aromatic carbocycles. The standard InChI is InChI=1S/C15H23NO/c1-4-10(2)7-14(16)12-5-6-15-13(9-12)8-11(3)17-15/h5-6,9-11,14H,4,7-8,16H2,1-3H3. The topological polar surface area (TPSA) is 35.2 Å². The largest absolute Gasteiger partial charge is 0.490 e. The maximum absolute atomic E-state index is 6.26. The lowest BCUT2D eigenvalue weighted by Crippen LogP contribution is -2.13. The maximum Gasteiger partial charge on any atom is 0.123 e. The molecule has 2 rings (SSSR count). The lowest BCUT2D eigenvalue weighted by molar-refractivity contribution is 0.254. The van der Waals surface area contributed by atoms with Gasteiger partial charge in [-0.3, -0.25) is 0 Å². The van der Waals surface area contributed by atoms with Gasteiger partial charge in [0.05, 0.1) is 0 Å². The van der Waals surface area contributed by atoms with Crippen molar-refractivity contribution in [1.29, 1.82) is 0 Å². The molecule has 94 valence electrons. The van der Waals surface area contributed by atoms with Gasteiger partial charge in [-0.2, -0.15) is 0 Å². The second-order valence-corrected chi connectivity index (χ2v) is 5.36. The van der Waals surface area contributed by atoms with Crippen LogP contribution in [-0.4, -0.2) is 6.10 Å². The number of hydrogen-bond acceptors (Lipinski definition) is 2. The van der Waals surface area contributed by atoms with Gasteiger partial charge < -0.3 is 10.5 Å². The Kier molecular flexibility index (Phi) is 3.72. The highest BCUT2D eigenvalue weighted by Crippen LogP contribution is 2.32. The summed E-state index contributed by atoms with van der Waals surface area (Å²) < 4.78 is 5.70. The number of hydrogen-bond donors (Lipinski definition) is 1. The van der Waals surface area contributed by atoms with Gasteiger partial charge in [0.15, 0.2) is 0 Å². The average Bonchev–Trinajstić information content (AvgIpc) is 2.67. The van der Waals surface area contributed by atoms with E-state index in [9.17, 15) is 0 Å². The molecule has 2 heteroatoms. The summed E-state index contributed by atoms with van der Waals surface area (Å²) in [6.07, 6.45) is 3.58. The highest BCUT2D eigenvalue weighted by molar-refractivity contribution is 5.41. The molecule has 0 aliphatic carbocycles. The van der Waals surface area contributed by atoms with Gasteiger partial charge in [0.25, 0.3) is 0 Å².